The number of guanidine groups is 1. The maximum atomic E-state index is 11.9. The molecule has 136 valence electrons. The van der Waals surface area contributed by atoms with Gasteiger partial charge in [0.05, 0.1) is 0 Å². The Balaban J connectivity index is 0.00000529. The second kappa shape index (κ2) is 14.0. The SMILES string of the molecule is CCNC(=NCCCOC)NCCC(=O)Nc1ccc(C)cn1.I. The fourth-order valence-corrected chi connectivity index (χ4v) is 1.78. The number of nitrogens with one attached hydrogen (secondary N) is 3. The highest BCUT2D eigenvalue weighted by atomic mass is 127. The van der Waals surface area contributed by atoms with Crippen LogP contribution in [-0.4, -0.2) is 50.2 Å². The minimum Gasteiger partial charge on any atom is -0.385 e. The van der Waals surface area contributed by atoms with Crippen molar-refractivity contribution in [1.82, 2.24) is 15.6 Å². The number of hydrogen-bond acceptors (Lipinski definition) is 4. The fraction of sp³-hybridized carbons (Fsp3) is 0.562. The van der Waals surface area contributed by atoms with Crippen molar-refractivity contribution in [2.75, 3.05) is 38.7 Å². The van der Waals surface area contributed by atoms with Crippen molar-refractivity contribution in [3.05, 3.63) is 23.9 Å². The summed E-state index contributed by atoms with van der Waals surface area (Å²) >= 11 is 0. The van der Waals surface area contributed by atoms with Gasteiger partial charge in [-0.3, -0.25) is 9.79 Å². The summed E-state index contributed by atoms with van der Waals surface area (Å²) in [6, 6.07) is 3.71. The molecule has 0 atom stereocenters. The second-order valence-corrected chi connectivity index (χ2v) is 5.05. The van der Waals surface area contributed by atoms with E-state index in [4.69, 9.17) is 4.74 Å². The van der Waals surface area contributed by atoms with Crippen LogP contribution < -0.4 is 16.0 Å². The molecule has 0 aliphatic carbocycles. The number of hydrogen-bond donors (Lipinski definition) is 3. The van der Waals surface area contributed by atoms with Crippen LogP contribution in [0.5, 0.6) is 0 Å². The molecule has 0 bridgehead atoms. The van der Waals surface area contributed by atoms with Gasteiger partial charge in [-0.25, -0.2) is 4.98 Å². The lowest BCUT2D eigenvalue weighted by Crippen LogP contribution is -2.38. The van der Waals surface area contributed by atoms with E-state index in [2.05, 4.69) is 25.9 Å². The van der Waals surface area contributed by atoms with Gasteiger partial charge in [0.1, 0.15) is 5.82 Å². The van der Waals surface area contributed by atoms with E-state index in [-0.39, 0.29) is 29.9 Å². The summed E-state index contributed by atoms with van der Waals surface area (Å²) in [7, 11) is 1.68. The molecule has 0 aliphatic heterocycles. The average Bonchev–Trinajstić information content (AvgIpc) is 2.53. The first-order chi connectivity index (χ1) is 11.2. The number of pyridine rings is 1. The van der Waals surface area contributed by atoms with Crippen LogP contribution in [0.15, 0.2) is 23.3 Å². The van der Waals surface area contributed by atoms with Crippen molar-refractivity contribution in [3.8, 4) is 0 Å². The Kier molecular flexibility index (Phi) is 13.1. The van der Waals surface area contributed by atoms with Crippen molar-refractivity contribution in [2.45, 2.75) is 26.7 Å². The summed E-state index contributed by atoms with van der Waals surface area (Å²) < 4.78 is 4.99. The van der Waals surface area contributed by atoms with Gasteiger partial charge >= 0.3 is 0 Å². The first kappa shape index (κ1) is 22.6. The maximum Gasteiger partial charge on any atom is 0.227 e. The molecule has 1 aromatic rings. The zero-order valence-corrected chi connectivity index (χ0v) is 16.9. The van der Waals surface area contributed by atoms with Crippen molar-refractivity contribution < 1.29 is 9.53 Å². The number of nitrogens with zero attached hydrogens (tertiary/aromatic N) is 2. The Morgan fingerprint density at radius 3 is 2.75 bits per heavy atom. The first-order valence-corrected chi connectivity index (χ1v) is 7.89. The normalized spacial score (nSPS) is 10.7. The number of aliphatic imine (C=N–C) groups is 1. The summed E-state index contributed by atoms with van der Waals surface area (Å²) in [5.41, 5.74) is 1.06. The Morgan fingerprint density at radius 1 is 1.33 bits per heavy atom. The number of carbonyl (C=O) groups excluding carboxylic acids is 1. The van der Waals surface area contributed by atoms with Crippen LogP contribution in [0, 0.1) is 6.92 Å². The lowest BCUT2D eigenvalue weighted by atomic mass is 10.3. The molecule has 1 heterocycles. The van der Waals surface area contributed by atoms with E-state index in [1.807, 2.05) is 19.9 Å². The molecular weight excluding hydrogens is 421 g/mol. The number of aryl methyl sites for hydroxylation is 1. The van der Waals surface area contributed by atoms with Crippen LogP contribution in [0.3, 0.4) is 0 Å². The number of carbonyl (C=O) groups is 1. The van der Waals surface area contributed by atoms with E-state index >= 15 is 0 Å². The molecule has 0 aromatic carbocycles. The van der Waals surface area contributed by atoms with Crippen molar-refractivity contribution >= 4 is 41.7 Å². The van der Waals surface area contributed by atoms with Crippen molar-refractivity contribution in [3.63, 3.8) is 0 Å². The van der Waals surface area contributed by atoms with E-state index < -0.39 is 0 Å². The minimum absolute atomic E-state index is 0. The largest absolute Gasteiger partial charge is 0.385 e. The standard InChI is InChI=1S/C16H27N5O2.HI/c1-4-17-16(18-9-5-11-23-3)19-10-8-15(22)21-14-7-6-13(2)12-20-14;/h6-7,12H,4-5,8-11H2,1-3H3,(H2,17,18,19)(H,20,21,22);1H. The monoisotopic (exact) mass is 449 g/mol. The van der Waals surface area contributed by atoms with E-state index in [9.17, 15) is 4.79 Å². The molecule has 0 fully saturated rings. The molecule has 3 N–H and O–H groups in total. The molecule has 0 radical (unpaired) electrons. The van der Waals surface area contributed by atoms with Gasteiger partial charge in [0, 0.05) is 46.0 Å². The third kappa shape index (κ3) is 10.4. The van der Waals surface area contributed by atoms with E-state index in [1.54, 1.807) is 19.4 Å². The molecular formula is C16H28IN5O2. The Labute approximate surface area is 161 Å². The maximum absolute atomic E-state index is 11.9. The molecule has 0 saturated carbocycles. The van der Waals surface area contributed by atoms with Gasteiger partial charge in [-0.2, -0.15) is 0 Å². The van der Waals surface area contributed by atoms with Crippen LogP contribution in [0.4, 0.5) is 5.82 Å². The summed E-state index contributed by atoms with van der Waals surface area (Å²) in [5.74, 6) is 1.20. The third-order valence-electron chi connectivity index (χ3n) is 2.94. The summed E-state index contributed by atoms with van der Waals surface area (Å²) in [6.07, 6.45) is 2.94. The fourth-order valence-electron chi connectivity index (χ4n) is 1.78. The highest BCUT2D eigenvalue weighted by Crippen LogP contribution is 2.03. The van der Waals surface area contributed by atoms with Crippen LogP contribution in [-0.2, 0) is 9.53 Å². The molecule has 0 saturated heterocycles. The molecule has 7 nitrogen and oxygen atoms in total. The van der Waals surface area contributed by atoms with Gasteiger partial charge in [0.15, 0.2) is 5.96 Å². The molecule has 24 heavy (non-hydrogen) atoms. The number of anilines is 1. The van der Waals surface area contributed by atoms with Crippen molar-refractivity contribution in [1.29, 1.82) is 0 Å². The van der Waals surface area contributed by atoms with E-state index in [0.717, 1.165) is 18.5 Å². The van der Waals surface area contributed by atoms with Crippen LogP contribution in [0.2, 0.25) is 0 Å². The second-order valence-electron chi connectivity index (χ2n) is 5.05. The first-order valence-electron chi connectivity index (χ1n) is 7.89. The van der Waals surface area contributed by atoms with Gasteiger partial charge in [-0.15, -0.1) is 24.0 Å². The van der Waals surface area contributed by atoms with Crippen molar-refractivity contribution in [2.24, 2.45) is 4.99 Å². The highest BCUT2D eigenvalue weighted by Gasteiger charge is 2.04. The number of amides is 1. The Bertz CT molecular complexity index is 494. The summed E-state index contributed by atoms with van der Waals surface area (Å²) in [6.45, 7) is 6.61. The van der Waals surface area contributed by atoms with E-state index in [0.29, 0.717) is 37.9 Å². The van der Waals surface area contributed by atoms with Gasteiger partial charge in [0.25, 0.3) is 0 Å². The number of halogens is 1. The Hall–Kier alpha value is -1.42. The lowest BCUT2D eigenvalue weighted by Gasteiger charge is -2.11. The third-order valence-corrected chi connectivity index (χ3v) is 2.94. The minimum atomic E-state index is -0.0796. The quantitative estimate of drug-likeness (QED) is 0.232. The molecule has 8 heteroatoms. The summed E-state index contributed by atoms with van der Waals surface area (Å²) in [4.78, 5) is 20.4. The van der Waals surface area contributed by atoms with Gasteiger partial charge in [-0.1, -0.05) is 6.07 Å². The number of ether oxygens (including phenoxy) is 1. The predicted octanol–water partition coefficient (Wildman–Crippen LogP) is 1.93. The molecule has 1 aromatic heterocycles. The predicted molar refractivity (Wildman–Crippen MR) is 108 cm³/mol. The molecule has 0 unspecified atom stereocenters. The van der Waals surface area contributed by atoms with Crippen LogP contribution in [0.25, 0.3) is 0 Å². The molecule has 1 amide bonds. The topological polar surface area (TPSA) is 87.6 Å². The van der Waals surface area contributed by atoms with Crippen LogP contribution in [0.1, 0.15) is 25.3 Å². The number of rotatable bonds is 9. The highest BCUT2D eigenvalue weighted by molar-refractivity contribution is 14.0. The summed E-state index contributed by atoms with van der Waals surface area (Å²) in [5, 5.41) is 9.05. The van der Waals surface area contributed by atoms with E-state index in [1.165, 1.54) is 0 Å². The van der Waals surface area contributed by atoms with Gasteiger partial charge in [-0.05, 0) is 31.9 Å². The zero-order valence-electron chi connectivity index (χ0n) is 14.6. The average molecular weight is 449 g/mol. The zero-order chi connectivity index (χ0) is 16.9. The molecule has 0 aliphatic rings. The smallest absolute Gasteiger partial charge is 0.227 e. The molecule has 1 rings (SSSR count). The number of aromatic nitrogens is 1. The van der Waals surface area contributed by atoms with Gasteiger partial charge < -0.3 is 20.7 Å². The lowest BCUT2D eigenvalue weighted by molar-refractivity contribution is -0.116. The number of methoxy groups -OCH3 is 1. The Morgan fingerprint density at radius 2 is 2.12 bits per heavy atom. The van der Waals surface area contributed by atoms with Gasteiger partial charge in [0.2, 0.25) is 5.91 Å². The van der Waals surface area contributed by atoms with Crippen LogP contribution >= 0.6 is 24.0 Å². The molecule has 0 spiro atoms.